The van der Waals surface area contributed by atoms with Crippen LogP contribution in [0.25, 0.3) is 0 Å². The quantitative estimate of drug-likeness (QED) is 0.745. The molecule has 3 rings (SSSR count). The van der Waals surface area contributed by atoms with Crippen molar-refractivity contribution >= 4 is 17.8 Å². The SMILES string of the molecule is CC[C@]1(C)NC(=O)N(NC(=O)CN2CCC(Cc3ccccc3)CC2)C1=O. The summed E-state index contributed by atoms with van der Waals surface area (Å²) in [5.74, 6) is -0.117. The minimum absolute atomic E-state index is 0.192. The predicted molar refractivity (Wildman–Crippen MR) is 102 cm³/mol. The third-order valence-corrected chi connectivity index (χ3v) is 5.65. The van der Waals surface area contributed by atoms with Crippen LogP contribution in [0.2, 0.25) is 0 Å². The molecule has 27 heavy (non-hydrogen) atoms. The molecule has 2 N–H and O–H groups in total. The number of amides is 4. The van der Waals surface area contributed by atoms with Crippen LogP contribution in [0.1, 0.15) is 38.7 Å². The molecule has 7 heteroatoms. The molecule has 4 amide bonds. The third kappa shape index (κ3) is 4.47. The van der Waals surface area contributed by atoms with E-state index in [4.69, 9.17) is 0 Å². The van der Waals surface area contributed by atoms with Crippen molar-refractivity contribution in [3.8, 4) is 0 Å². The zero-order chi connectivity index (χ0) is 19.4. The van der Waals surface area contributed by atoms with Gasteiger partial charge in [-0.15, -0.1) is 0 Å². The normalized spacial score (nSPS) is 24.1. The largest absolute Gasteiger partial charge is 0.344 e. The zero-order valence-electron chi connectivity index (χ0n) is 16.0. The van der Waals surface area contributed by atoms with E-state index >= 15 is 0 Å². The fraction of sp³-hybridized carbons (Fsp3) is 0.550. The summed E-state index contributed by atoms with van der Waals surface area (Å²) in [7, 11) is 0. The first kappa shape index (κ1) is 19.4. The van der Waals surface area contributed by atoms with Crippen LogP contribution in [0.5, 0.6) is 0 Å². The van der Waals surface area contributed by atoms with Gasteiger partial charge in [-0.05, 0) is 57.2 Å². The maximum atomic E-state index is 12.3. The lowest BCUT2D eigenvalue weighted by Gasteiger charge is -2.31. The van der Waals surface area contributed by atoms with Gasteiger partial charge in [-0.1, -0.05) is 37.3 Å². The number of carbonyl (C=O) groups is 3. The first-order valence-electron chi connectivity index (χ1n) is 9.64. The summed E-state index contributed by atoms with van der Waals surface area (Å²) in [5, 5.41) is 3.44. The molecule has 0 saturated carbocycles. The van der Waals surface area contributed by atoms with E-state index in [1.54, 1.807) is 6.92 Å². The molecular weight excluding hydrogens is 344 g/mol. The highest BCUT2D eigenvalue weighted by atomic mass is 16.2. The second kappa shape index (κ2) is 8.08. The van der Waals surface area contributed by atoms with E-state index in [-0.39, 0.29) is 12.5 Å². The molecule has 0 bridgehead atoms. The monoisotopic (exact) mass is 372 g/mol. The summed E-state index contributed by atoms with van der Waals surface area (Å²) < 4.78 is 0. The van der Waals surface area contributed by atoms with Crippen molar-refractivity contribution < 1.29 is 14.4 Å². The Morgan fingerprint density at radius 2 is 1.89 bits per heavy atom. The number of hydrogen-bond donors (Lipinski definition) is 2. The molecule has 0 radical (unpaired) electrons. The number of carbonyl (C=O) groups excluding carboxylic acids is 3. The van der Waals surface area contributed by atoms with Crippen molar-refractivity contribution in [1.82, 2.24) is 20.7 Å². The fourth-order valence-electron chi connectivity index (χ4n) is 3.68. The number of hydrogen-bond acceptors (Lipinski definition) is 4. The Hall–Kier alpha value is -2.41. The lowest BCUT2D eigenvalue weighted by atomic mass is 9.90. The maximum absolute atomic E-state index is 12.3. The molecule has 2 saturated heterocycles. The average Bonchev–Trinajstić information content (AvgIpc) is 2.88. The van der Waals surface area contributed by atoms with E-state index in [0.717, 1.165) is 37.4 Å². The standard InChI is InChI=1S/C20H28N4O3/c1-3-20(2)18(26)24(19(27)21-20)22-17(25)14-23-11-9-16(10-12-23)13-15-7-5-4-6-8-15/h4-8,16H,3,9-14H2,1-2H3,(H,21,27)(H,22,25)/t20-/m0/s1. The van der Waals surface area contributed by atoms with Gasteiger partial charge in [0.05, 0.1) is 6.54 Å². The van der Waals surface area contributed by atoms with Gasteiger partial charge in [0.2, 0.25) is 0 Å². The molecule has 0 aromatic heterocycles. The van der Waals surface area contributed by atoms with Gasteiger partial charge < -0.3 is 5.32 Å². The average molecular weight is 372 g/mol. The van der Waals surface area contributed by atoms with Crippen LogP contribution < -0.4 is 10.7 Å². The van der Waals surface area contributed by atoms with Crippen molar-refractivity contribution in [3.63, 3.8) is 0 Å². The van der Waals surface area contributed by atoms with E-state index < -0.39 is 17.5 Å². The van der Waals surface area contributed by atoms with Crippen molar-refractivity contribution in [3.05, 3.63) is 35.9 Å². The smallest absolute Gasteiger partial charge is 0.322 e. The summed E-state index contributed by atoms with van der Waals surface area (Å²) in [5.41, 5.74) is 2.87. The van der Waals surface area contributed by atoms with Crippen LogP contribution in [0.4, 0.5) is 4.79 Å². The Labute approximate surface area is 160 Å². The second-order valence-corrected chi connectivity index (χ2v) is 7.70. The molecule has 0 unspecified atom stereocenters. The number of hydrazine groups is 1. The molecule has 2 aliphatic rings. The minimum Gasteiger partial charge on any atom is -0.322 e. The molecule has 2 aliphatic heterocycles. The van der Waals surface area contributed by atoms with Crippen molar-refractivity contribution in [1.29, 1.82) is 0 Å². The number of piperidine rings is 1. The highest BCUT2D eigenvalue weighted by Crippen LogP contribution is 2.22. The van der Waals surface area contributed by atoms with Crippen LogP contribution in [0.15, 0.2) is 30.3 Å². The van der Waals surface area contributed by atoms with E-state index in [1.165, 1.54) is 5.56 Å². The Bertz CT molecular complexity index is 700. The topological polar surface area (TPSA) is 81.8 Å². The fourth-order valence-corrected chi connectivity index (χ4v) is 3.68. The second-order valence-electron chi connectivity index (χ2n) is 7.70. The lowest BCUT2D eigenvalue weighted by molar-refractivity contribution is -0.139. The van der Waals surface area contributed by atoms with Gasteiger partial charge in [0, 0.05) is 0 Å². The molecule has 146 valence electrons. The van der Waals surface area contributed by atoms with E-state index in [1.807, 2.05) is 13.0 Å². The van der Waals surface area contributed by atoms with E-state index in [2.05, 4.69) is 39.9 Å². The Kier molecular flexibility index (Phi) is 5.79. The number of nitrogens with zero attached hydrogens (tertiary/aromatic N) is 2. The molecule has 1 atom stereocenters. The van der Waals surface area contributed by atoms with E-state index in [9.17, 15) is 14.4 Å². The van der Waals surface area contributed by atoms with Gasteiger partial charge in [0.25, 0.3) is 11.8 Å². The molecule has 2 fully saturated rings. The van der Waals surface area contributed by atoms with Gasteiger partial charge in [0.1, 0.15) is 5.54 Å². The van der Waals surface area contributed by atoms with Gasteiger partial charge in [0.15, 0.2) is 0 Å². The predicted octanol–water partition coefficient (Wildman–Crippen LogP) is 1.69. The highest BCUT2D eigenvalue weighted by molar-refractivity contribution is 6.07. The molecule has 0 aliphatic carbocycles. The first-order chi connectivity index (χ1) is 12.9. The van der Waals surface area contributed by atoms with Crippen molar-refractivity contribution in [2.75, 3.05) is 19.6 Å². The summed E-state index contributed by atoms with van der Waals surface area (Å²) >= 11 is 0. The van der Waals surface area contributed by atoms with Crippen LogP contribution >= 0.6 is 0 Å². The lowest BCUT2D eigenvalue weighted by Crippen LogP contribution is -2.51. The summed E-state index contributed by atoms with van der Waals surface area (Å²) in [4.78, 5) is 38.7. The van der Waals surface area contributed by atoms with Gasteiger partial charge in [-0.25, -0.2) is 4.79 Å². The van der Waals surface area contributed by atoms with Crippen LogP contribution in [-0.4, -0.2) is 52.9 Å². The molecule has 1 aromatic carbocycles. The summed E-state index contributed by atoms with van der Waals surface area (Å²) in [6.07, 6.45) is 3.62. The van der Waals surface area contributed by atoms with Crippen molar-refractivity contribution in [2.45, 2.75) is 45.1 Å². The van der Waals surface area contributed by atoms with Gasteiger partial charge in [-0.2, -0.15) is 5.01 Å². The number of likely N-dealkylation sites (tertiary alicyclic amines) is 1. The first-order valence-corrected chi connectivity index (χ1v) is 9.64. The molecule has 1 aromatic rings. The number of rotatable bonds is 6. The zero-order valence-corrected chi connectivity index (χ0v) is 16.0. The maximum Gasteiger partial charge on any atom is 0.344 e. The van der Waals surface area contributed by atoms with Gasteiger partial charge >= 0.3 is 6.03 Å². The number of nitrogens with one attached hydrogen (secondary N) is 2. The minimum atomic E-state index is -0.944. The summed E-state index contributed by atoms with van der Waals surface area (Å²) in [6.45, 7) is 5.37. The Morgan fingerprint density at radius 1 is 1.22 bits per heavy atom. The van der Waals surface area contributed by atoms with Crippen LogP contribution in [0, 0.1) is 5.92 Å². The molecule has 2 heterocycles. The molecular formula is C20H28N4O3. The number of imide groups is 1. The highest BCUT2D eigenvalue weighted by Gasteiger charge is 2.47. The van der Waals surface area contributed by atoms with Gasteiger partial charge in [-0.3, -0.25) is 19.9 Å². The molecule has 0 spiro atoms. The summed E-state index contributed by atoms with van der Waals surface area (Å²) in [6, 6.07) is 9.89. The van der Waals surface area contributed by atoms with Crippen LogP contribution in [-0.2, 0) is 16.0 Å². The van der Waals surface area contributed by atoms with E-state index in [0.29, 0.717) is 12.3 Å². The Balaban J connectivity index is 1.45. The van der Waals surface area contributed by atoms with Crippen LogP contribution in [0.3, 0.4) is 0 Å². The third-order valence-electron chi connectivity index (χ3n) is 5.65. The number of benzene rings is 1. The van der Waals surface area contributed by atoms with Crippen molar-refractivity contribution in [2.24, 2.45) is 5.92 Å². The Morgan fingerprint density at radius 3 is 2.48 bits per heavy atom. The number of urea groups is 1. The molecule has 7 nitrogen and oxygen atoms in total.